The van der Waals surface area contributed by atoms with Crippen LogP contribution in [0.15, 0.2) is 24.3 Å². The van der Waals surface area contributed by atoms with Gasteiger partial charge in [-0.1, -0.05) is 12.1 Å². The minimum atomic E-state index is -0.908. The Hall–Kier alpha value is -2.55. The third-order valence-corrected chi connectivity index (χ3v) is 5.43. The lowest BCUT2D eigenvalue weighted by molar-refractivity contribution is -0.146. The Morgan fingerprint density at radius 3 is 2.37 bits per heavy atom. The number of carbonyl (C=O) groups is 4. The molecule has 1 fully saturated rings. The van der Waals surface area contributed by atoms with Crippen molar-refractivity contribution >= 4 is 35.5 Å². The molecular formula is C21H28N2O6S. The van der Waals surface area contributed by atoms with Crippen LogP contribution in [0.25, 0.3) is 0 Å². The smallest absolute Gasteiger partial charge is 0.338 e. The summed E-state index contributed by atoms with van der Waals surface area (Å²) in [4.78, 5) is 50.2. The van der Waals surface area contributed by atoms with E-state index in [1.165, 1.54) is 30.7 Å². The topological polar surface area (TPSA) is 102 Å². The molecule has 1 aliphatic heterocycles. The average molecular weight is 437 g/mol. The number of esters is 2. The highest BCUT2D eigenvalue weighted by Gasteiger charge is 2.35. The van der Waals surface area contributed by atoms with Crippen molar-refractivity contribution in [3.63, 3.8) is 0 Å². The summed E-state index contributed by atoms with van der Waals surface area (Å²) in [5, 5.41) is 2.70. The zero-order valence-corrected chi connectivity index (χ0v) is 18.7. The monoisotopic (exact) mass is 436 g/mol. The molecule has 2 atom stereocenters. The Bertz CT molecular complexity index is 803. The molecule has 8 nitrogen and oxygen atoms in total. The predicted octanol–water partition coefficient (Wildman–Crippen LogP) is 1.76. The van der Waals surface area contributed by atoms with Crippen LogP contribution in [0.5, 0.6) is 0 Å². The fraction of sp³-hybridized carbons (Fsp3) is 0.524. The van der Waals surface area contributed by atoms with Crippen LogP contribution in [0.2, 0.25) is 0 Å². The van der Waals surface area contributed by atoms with Crippen molar-refractivity contribution in [2.45, 2.75) is 51.8 Å². The van der Waals surface area contributed by atoms with Crippen LogP contribution in [0.4, 0.5) is 0 Å². The molecule has 0 aromatic heterocycles. The number of amides is 2. The van der Waals surface area contributed by atoms with Crippen LogP contribution >= 0.6 is 11.8 Å². The van der Waals surface area contributed by atoms with Crippen molar-refractivity contribution in [2.24, 2.45) is 0 Å². The quantitative estimate of drug-likeness (QED) is 0.678. The molecule has 1 heterocycles. The number of rotatable bonds is 6. The first-order chi connectivity index (χ1) is 14.0. The second kappa shape index (κ2) is 9.97. The lowest BCUT2D eigenvalue weighted by Crippen LogP contribution is -2.52. The largest absolute Gasteiger partial charge is 0.467 e. The highest BCUT2D eigenvalue weighted by Crippen LogP contribution is 2.21. The number of hydrogen-bond acceptors (Lipinski definition) is 7. The standard InChI is InChI=1S/C21H28N2O6S/c1-13(24)23-12-30-11-17(23)18(25)22-16(20(27)28-5)10-14-6-8-15(9-7-14)19(26)29-21(2,3)4/h6-9,16-17H,10-12H2,1-5H3,(H,22,25)/t16-,17+/m0/s1. The summed E-state index contributed by atoms with van der Waals surface area (Å²) in [6.45, 7) is 6.78. The van der Waals surface area contributed by atoms with Crippen LogP contribution in [0, 0.1) is 0 Å². The third kappa shape index (κ3) is 6.48. The molecule has 0 spiro atoms. The number of hydrogen-bond donors (Lipinski definition) is 1. The lowest BCUT2D eigenvalue weighted by atomic mass is 10.0. The molecule has 1 aromatic rings. The van der Waals surface area contributed by atoms with E-state index in [9.17, 15) is 19.2 Å². The molecule has 2 rings (SSSR count). The van der Waals surface area contributed by atoms with Crippen molar-refractivity contribution in [2.75, 3.05) is 18.7 Å². The number of carbonyl (C=O) groups excluding carboxylic acids is 4. The minimum absolute atomic E-state index is 0.187. The van der Waals surface area contributed by atoms with Gasteiger partial charge in [-0.3, -0.25) is 9.59 Å². The van der Waals surface area contributed by atoms with E-state index >= 15 is 0 Å². The maximum Gasteiger partial charge on any atom is 0.338 e. The van der Waals surface area contributed by atoms with Crippen LogP contribution in [0.1, 0.15) is 43.6 Å². The van der Waals surface area contributed by atoms with Crippen molar-refractivity contribution in [3.8, 4) is 0 Å². The van der Waals surface area contributed by atoms with E-state index in [2.05, 4.69) is 5.32 Å². The second-order valence-corrected chi connectivity index (χ2v) is 8.99. The molecule has 2 amide bonds. The molecule has 0 unspecified atom stereocenters. The molecular weight excluding hydrogens is 408 g/mol. The van der Waals surface area contributed by atoms with E-state index in [1.807, 2.05) is 0 Å². The van der Waals surface area contributed by atoms with Gasteiger partial charge in [0.15, 0.2) is 0 Å². The molecule has 0 aliphatic carbocycles. The highest BCUT2D eigenvalue weighted by molar-refractivity contribution is 7.99. The van der Waals surface area contributed by atoms with Crippen LogP contribution in [-0.4, -0.2) is 65.1 Å². The molecule has 1 saturated heterocycles. The normalized spacial score (nSPS) is 17.2. The third-order valence-electron chi connectivity index (χ3n) is 4.42. The summed E-state index contributed by atoms with van der Waals surface area (Å²) < 4.78 is 10.2. The predicted molar refractivity (Wildman–Crippen MR) is 113 cm³/mol. The Labute approximate surface area is 180 Å². The van der Waals surface area contributed by atoms with E-state index in [1.54, 1.807) is 45.0 Å². The van der Waals surface area contributed by atoms with Crippen molar-refractivity contribution in [1.29, 1.82) is 0 Å². The number of thioether (sulfide) groups is 1. The van der Waals surface area contributed by atoms with Gasteiger partial charge in [-0.05, 0) is 38.5 Å². The van der Waals surface area contributed by atoms with Gasteiger partial charge in [-0.15, -0.1) is 11.8 Å². The summed E-state index contributed by atoms with van der Waals surface area (Å²) in [5.74, 6) is -0.676. The van der Waals surface area contributed by atoms with Gasteiger partial charge in [0.2, 0.25) is 11.8 Å². The summed E-state index contributed by atoms with van der Waals surface area (Å²) in [6, 6.07) is 5.11. The number of benzene rings is 1. The molecule has 1 aromatic carbocycles. The Morgan fingerprint density at radius 1 is 1.20 bits per heavy atom. The molecule has 9 heteroatoms. The van der Waals surface area contributed by atoms with Gasteiger partial charge in [0, 0.05) is 19.1 Å². The Kier molecular flexibility index (Phi) is 7.89. The number of methoxy groups -OCH3 is 1. The number of nitrogens with zero attached hydrogens (tertiary/aromatic N) is 1. The van der Waals surface area contributed by atoms with Gasteiger partial charge in [0.05, 0.1) is 18.6 Å². The van der Waals surface area contributed by atoms with E-state index in [0.717, 1.165) is 5.56 Å². The first kappa shape index (κ1) is 23.7. The fourth-order valence-electron chi connectivity index (χ4n) is 2.92. The maximum atomic E-state index is 12.7. The molecule has 30 heavy (non-hydrogen) atoms. The lowest BCUT2D eigenvalue weighted by Gasteiger charge is -2.24. The van der Waals surface area contributed by atoms with E-state index in [4.69, 9.17) is 9.47 Å². The molecule has 164 valence electrons. The first-order valence-corrected chi connectivity index (χ1v) is 10.7. The SMILES string of the molecule is COC(=O)[C@H](Cc1ccc(C(=O)OC(C)(C)C)cc1)NC(=O)[C@H]1CSCN1C(C)=O. The Balaban J connectivity index is 2.08. The fourth-order valence-corrected chi connectivity index (χ4v) is 4.14. The van der Waals surface area contributed by atoms with Gasteiger partial charge in [0.1, 0.15) is 17.7 Å². The molecule has 1 aliphatic rings. The van der Waals surface area contributed by atoms with Gasteiger partial charge >= 0.3 is 11.9 Å². The first-order valence-electron chi connectivity index (χ1n) is 9.57. The second-order valence-electron chi connectivity index (χ2n) is 7.99. The summed E-state index contributed by atoms with van der Waals surface area (Å²) in [7, 11) is 1.25. The van der Waals surface area contributed by atoms with Crippen LogP contribution < -0.4 is 5.32 Å². The van der Waals surface area contributed by atoms with E-state index in [-0.39, 0.29) is 12.3 Å². The zero-order chi connectivity index (χ0) is 22.5. The molecule has 1 N–H and O–H groups in total. The van der Waals surface area contributed by atoms with E-state index < -0.39 is 35.5 Å². The van der Waals surface area contributed by atoms with E-state index in [0.29, 0.717) is 17.2 Å². The highest BCUT2D eigenvalue weighted by atomic mass is 32.2. The minimum Gasteiger partial charge on any atom is -0.467 e. The molecule has 0 saturated carbocycles. The van der Waals surface area contributed by atoms with Crippen LogP contribution in [0.3, 0.4) is 0 Å². The molecule has 0 radical (unpaired) electrons. The van der Waals surface area contributed by atoms with Crippen molar-refractivity contribution in [3.05, 3.63) is 35.4 Å². The average Bonchev–Trinajstić information content (AvgIpc) is 3.16. The van der Waals surface area contributed by atoms with Gasteiger partial charge in [-0.25, -0.2) is 9.59 Å². The van der Waals surface area contributed by atoms with Gasteiger partial charge in [0.25, 0.3) is 0 Å². The van der Waals surface area contributed by atoms with Gasteiger partial charge in [-0.2, -0.15) is 0 Å². The molecule has 0 bridgehead atoms. The van der Waals surface area contributed by atoms with Gasteiger partial charge < -0.3 is 19.7 Å². The zero-order valence-electron chi connectivity index (χ0n) is 17.9. The maximum absolute atomic E-state index is 12.7. The summed E-state index contributed by atoms with van der Waals surface area (Å²) in [6.07, 6.45) is 0.187. The summed E-state index contributed by atoms with van der Waals surface area (Å²) >= 11 is 1.48. The number of ether oxygens (including phenoxy) is 2. The number of nitrogens with one attached hydrogen (secondary N) is 1. The van der Waals surface area contributed by atoms with Crippen molar-refractivity contribution < 1.29 is 28.7 Å². The van der Waals surface area contributed by atoms with Crippen LogP contribution in [-0.2, 0) is 30.3 Å². The summed E-state index contributed by atoms with van der Waals surface area (Å²) in [5.41, 5.74) is 0.539. The van der Waals surface area contributed by atoms with Crippen molar-refractivity contribution in [1.82, 2.24) is 10.2 Å². The Morgan fingerprint density at radius 2 is 1.83 bits per heavy atom.